The van der Waals surface area contributed by atoms with E-state index in [0.717, 1.165) is 17.8 Å². The number of allylic oxidation sites excluding steroid dienone is 3. The van der Waals surface area contributed by atoms with E-state index >= 15 is 0 Å². The summed E-state index contributed by atoms with van der Waals surface area (Å²) in [6.45, 7) is 0. The van der Waals surface area contributed by atoms with E-state index in [2.05, 4.69) is 15.9 Å². The van der Waals surface area contributed by atoms with Crippen LogP contribution >= 0.6 is 15.9 Å². The zero-order valence-corrected chi connectivity index (χ0v) is 14.8. The molecule has 0 aromatic heterocycles. The van der Waals surface area contributed by atoms with Crippen LogP contribution in [0.2, 0.25) is 0 Å². The summed E-state index contributed by atoms with van der Waals surface area (Å²) < 4.78 is 0. The monoisotopic (exact) mass is 358 g/mol. The van der Waals surface area contributed by atoms with Crippen molar-refractivity contribution in [2.75, 3.05) is 5.33 Å². The van der Waals surface area contributed by atoms with E-state index in [1.54, 1.807) is 6.08 Å². The Morgan fingerprint density at radius 2 is 1.24 bits per heavy atom. The van der Waals surface area contributed by atoms with Gasteiger partial charge in [-0.15, -0.1) is 0 Å². The molecular weight excluding hydrogens is 328 g/mol. The molecule has 0 spiro atoms. The van der Waals surface area contributed by atoms with Crippen LogP contribution in [0.1, 0.15) is 77.0 Å². The summed E-state index contributed by atoms with van der Waals surface area (Å²) in [4.78, 5) is 10.2. The number of aliphatic carboxylic acids is 1. The van der Waals surface area contributed by atoms with E-state index in [1.807, 2.05) is 12.2 Å². The predicted molar refractivity (Wildman–Crippen MR) is 95.1 cm³/mol. The lowest BCUT2D eigenvalue weighted by molar-refractivity contribution is -0.131. The molecule has 0 aromatic carbocycles. The first-order valence-electron chi connectivity index (χ1n) is 8.39. The number of rotatable bonds is 15. The molecule has 0 rings (SSSR count). The van der Waals surface area contributed by atoms with Crippen molar-refractivity contribution >= 4 is 21.9 Å². The molecule has 0 aliphatic carbocycles. The second-order valence-electron chi connectivity index (χ2n) is 5.49. The van der Waals surface area contributed by atoms with Crippen LogP contribution in [-0.2, 0) is 4.79 Å². The molecule has 0 aromatic rings. The molecule has 0 fully saturated rings. The minimum absolute atomic E-state index is 0.886. The lowest BCUT2D eigenvalue weighted by Gasteiger charge is -2.02. The van der Waals surface area contributed by atoms with Gasteiger partial charge < -0.3 is 5.11 Å². The van der Waals surface area contributed by atoms with Gasteiger partial charge in [-0.3, -0.25) is 0 Å². The zero-order chi connectivity index (χ0) is 15.6. The maximum Gasteiger partial charge on any atom is 0.328 e. The Labute approximate surface area is 138 Å². The van der Waals surface area contributed by atoms with E-state index in [1.165, 1.54) is 70.6 Å². The molecule has 0 aliphatic rings. The number of carboxylic acid groups (broad SMARTS) is 1. The van der Waals surface area contributed by atoms with Gasteiger partial charge in [0, 0.05) is 11.4 Å². The number of hydrogen-bond donors (Lipinski definition) is 1. The fourth-order valence-electron chi connectivity index (χ4n) is 2.26. The largest absolute Gasteiger partial charge is 0.478 e. The molecule has 0 atom stereocenters. The van der Waals surface area contributed by atoms with Crippen molar-refractivity contribution in [1.29, 1.82) is 0 Å². The Bertz CT molecular complexity index is 285. The van der Waals surface area contributed by atoms with Crippen LogP contribution in [0.3, 0.4) is 0 Å². The Morgan fingerprint density at radius 3 is 1.71 bits per heavy atom. The summed E-state index contributed by atoms with van der Waals surface area (Å²) in [5.74, 6) is -0.886. The SMILES string of the molecule is O=C(O)C=CC=CCCCCCCCCCCCCCBr. The summed E-state index contributed by atoms with van der Waals surface area (Å²) in [5, 5.41) is 9.56. The molecule has 3 heteroatoms. The van der Waals surface area contributed by atoms with Crippen LogP contribution in [-0.4, -0.2) is 16.4 Å². The van der Waals surface area contributed by atoms with Gasteiger partial charge in [0.15, 0.2) is 0 Å². The third-order valence-corrected chi connectivity index (χ3v) is 4.05. The van der Waals surface area contributed by atoms with Crippen molar-refractivity contribution in [3.63, 3.8) is 0 Å². The minimum atomic E-state index is -0.886. The highest BCUT2D eigenvalue weighted by Gasteiger charge is 1.93. The normalized spacial score (nSPS) is 11.7. The molecule has 0 unspecified atom stereocenters. The van der Waals surface area contributed by atoms with Crippen molar-refractivity contribution < 1.29 is 9.90 Å². The number of halogens is 1. The quantitative estimate of drug-likeness (QED) is 0.162. The van der Waals surface area contributed by atoms with Gasteiger partial charge in [0.25, 0.3) is 0 Å². The highest BCUT2D eigenvalue weighted by molar-refractivity contribution is 9.09. The summed E-state index contributed by atoms with van der Waals surface area (Å²) in [5.41, 5.74) is 0. The Hall–Kier alpha value is -0.570. The van der Waals surface area contributed by atoms with Crippen LogP contribution in [0.4, 0.5) is 0 Å². The molecule has 0 saturated carbocycles. The molecule has 122 valence electrons. The van der Waals surface area contributed by atoms with E-state index in [9.17, 15) is 4.79 Å². The van der Waals surface area contributed by atoms with Crippen LogP contribution < -0.4 is 0 Å². The van der Waals surface area contributed by atoms with E-state index in [0.29, 0.717) is 0 Å². The van der Waals surface area contributed by atoms with E-state index in [4.69, 9.17) is 5.11 Å². The molecule has 0 bridgehead atoms. The molecule has 0 saturated heterocycles. The molecular formula is C18H31BrO2. The number of carboxylic acids is 1. The maximum absolute atomic E-state index is 10.2. The van der Waals surface area contributed by atoms with Gasteiger partial charge in [-0.2, -0.15) is 0 Å². The highest BCUT2D eigenvalue weighted by Crippen LogP contribution is 2.12. The molecule has 2 nitrogen and oxygen atoms in total. The van der Waals surface area contributed by atoms with Crippen molar-refractivity contribution in [3.8, 4) is 0 Å². The zero-order valence-electron chi connectivity index (χ0n) is 13.2. The van der Waals surface area contributed by atoms with Gasteiger partial charge in [0.05, 0.1) is 0 Å². The maximum atomic E-state index is 10.2. The predicted octanol–water partition coefficient (Wildman–Crippen LogP) is 6.26. The summed E-state index contributed by atoms with van der Waals surface area (Å²) in [6.07, 6.45) is 22.6. The van der Waals surface area contributed by atoms with Gasteiger partial charge in [0.1, 0.15) is 0 Å². The smallest absolute Gasteiger partial charge is 0.328 e. The molecule has 0 radical (unpaired) electrons. The van der Waals surface area contributed by atoms with Crippen molar-refractivity contribution in [3.05, 3.63) is 24.3 Å². The summed E-state index contributed by atoms with van der Waals surface area (Å²) in [6, 6.07) is 0. The van der Waals surface area contributed by atoms with Gasteiger partial charge in [0.2, 0.25) is 0 Å². The van der Waals surface area contributed by atoms with Gasteiger partial charge in [-0.05, 0) is 19.3 Å². The summed E-state index contributed by atoms with van der Waals surface area (Å²) in [7, 11) is 0. The first-order chi connectivity index (χ1) is 10.3. The third kappa shape index (κ3) is 19.4. The molecule has 0 aliphatic heterocycles. The average molecular weight is 359 g/mol. The number of carbonyl (C=O) groups is 1. The second-order valence-corrected chi connectivity index (χ2v) is 6.29. The minimum Gasteiger partial charge on any atom is -0.478 e. The number of alkyl halides is 1. The standard InChI is InChI=1S/C18H31BrO2/c19-17-15-13-11-9-7-5-3-1-2-4-6-8-10-12-14-16-18(20)21/h10,12,14,16H,1-9,11,13,15,17H2,(H,20,21). The molecule has 0 heterocycles. The van der Waals surface area contributed by atoms with Crippen molar-refractivity contribution in [1.82, 2.24) is 0 Å². The van der Waals surface area contributed by atoms with Crippen LogP contribution in [0.5, 0.6) is 0 Å². The Morgan fingerprint density at radius 1 is 0.762 bits per heavy atom. The fraction of sp³-hybridized carbons (Fsp3) is 0.722. The van der Waals surface area contributed by atoms with Crippen LogP contribution in [0.25, 0.3) is 0 Å². The Balaban J connectivity index is 3.10. The van der Waals surface area contributed by atoms with E-state index < -0.39 is 5.97 Å². The summed E-state index contributed by atoms with van der Waals surface area (Å²) >= 11 is 3.47. The lowest BCUT2D eigenvalue weighted by atomic mass is 10.1. The lowest BCUT2D eigenvalue weighted by Crippen LogP contribution is -1.84. The van der Waals surface area contributed by atoms with Crippen LogP contribution in [0.15, 0.2) is 24.3 Å². The van der Waals surface area contributed by atoms with Crippen molar-refractivity contribution in [2.45, 2.75) is 77.0 Å². The first-order valence-corrected chi connectivity index (χ1v) is 9.51. The third-order valence-electron chi connectivity index (χ3n) is 3.49. The highest BCUT2D eigenvalue weighted by atomic mass is 79.9. The average Bonchev–Trinajstić information content (AvgIpc) is 2.46. The number of unbranched alkanes of at least 4 members (excludes halogenated alkanes) is 11. The first kappa shape index (κ1) is 20.4. The molecule has 1 N–H and O–H groups in total. The van der Waals surface area contributed by atoms with Crippen molar-refractivity contribution in [2.24, 2.45) is 0 Å². The second kappa shape index (κ2) is 17.5. The van der Waals surface area contributed by atoms with Crippen LogP contribution in [0, 0.1) is 0 Å². The van der Waals surface area contributed by atoms with E-state index in [-0.39, 0.29) is 0 Å². The molecule has 21 heavy (non-hydrogen) atoms. The Kier molecular flexibility index (Phi) is 17.0. The van der Waals surface area contributed by atoms with Gasteiger partial charge >= 0.3 is 5.97 Å². The van der Waals surface area contributed by atoms with Gasteiger partial charge in [-0.1, -0.05) is 91.9 Å². The topological polar surface area (TPSA) is 37.3 Å². The molecule has 0 amide bonds. The number of hydrogen-bond acceptors (Lipinski definition) is 1. The van der Waals surface area contributed by atoms with Gasteiger partial charge in [-0.25, -0.2) is 4.79 Å². The fourth-order valence-corrected chi connectivity index (χ4v) is 2.66.